The molecular weight excluding hydrogens is 216 g/mol. The highest BCUT2D eigenvalue weighted by Gasteiger charge is 1.96. The van der Waals surface area contributed by atoms with Gasteiger partial charge in [-0.1, -0.05) is 18.1 Å². The Balaban J connectivity index is 2.76. The summed E-state index contributed by atoms with van der Waals surface area (Å²) in [5.41, 5.74) is 1.74. The molecule has 1 aromatic rings. The molecule has 0 saturated carbocycles. The molecule has 17 heavy (non-hydrogen) atoms. The van der Waals surface area contributed by atoms with Crippen molar-refractivity contribution >= 4 is 11.5 Å². The second-order valence-corrected chi connectivity index (χ2v) is 3.37. The number of allylic oxidation sites excluding steroid dienone is 2. The zero-order valence-corrected chi connectivity index (χ0v) is 9.86. The first-order chi connectivity index (χ1) is 8.13. The fourth-order valence-corrected chi connectivity index (χ4v) is 1.20. The van der Waals surface area contributed by atoms with Crippen LogP contribution in [0.3, 0.4) is 0 Å². The molecule has 1 rings (SSSR count). The third-order valence-electron chi connectivity index (χ3n) is 2.04. The summed E-state index contributed by atoms with van der Waals surface area (Å²) in [4.78, 5) is 11.0. The minimum absolute atomic E-state index is 0.202. The Labute approximate surface area is 101 Å². The van der Waals surface area contributed by atoms with Crippen LogP contribution in [-0.2, 0) is 9.53 Å². The molecule has 0 bridgehead atoms. The van der Waals surface area contributed by atoms with Crippen LogP contribution in [0.25, 0.3) is 5.57 Å². The lowest BCUT2D eigenvalue weighted by Gasteiger charge is -1.99. The molecule has 0 saturated heterocycles. The van der Waals surface area contributed by atoms with E-state index >= 15 is 0 Å². The Morgan fingerprint density at radius 3 is 2.94 bits per heavy atom. The molecule has 0 unspecified atom stereocenters. The monoisotopic (exact) mass is 230 g/mol. The number of hydrogen-bond acceptors (Lipinski definition) is 3. The lowest BCUT2D eigenvalue weighted by atomic mass is 10.1. The maximum Gasteiger partial charge on any atom is 0.384 e. The minimum Gasteiger partial charge on any atom is -0.508 e. The van der Waals surface area contributed by atoms with Gasteiger partial charge in [-0.2, -0.15) is 0 Å². The Kier molecular flexibility index (Phi) is 4.83. The third kappa shape index (κ3) is 4.43. The first kappa shape index (κ1) is 12.9. The fourth-order valence-electron chi connectivity index (χ4n) is 1.20. The van der Waals surface area contributed by atoms with Crippen LogP contribution in [0, 0.1) is 11.8 Å². The Morgan fingerprint density at radius 1 is 1.53 bits per heavy atom. The largest absolute Gasteiger partial charge is 0.508 e. The summed E-state index contributed by atoms with van der Waals surface area (Å²) >= 11 is 0. The van der Waals surface area contributed by atoms with E-state index in [1.165, 1.54) is 0 Å². The molecular formula is C14H14O3. The molecule has 0 radical (unpaired) electrons. The number of benzene rings is 1. The molecule has 0 fully saturated rings. The van der Waals surface area contributed by atoms with Crippen molar-refractivity contribution in [1.82, 2.24) is 0 Å². The van der Waals surface area contributed by atoms with Crippen LogP contribution in [0.5, 0.6) is 5.75 Å². The quantitative estimate of drug-likeness (QED) is 0.482. The van der Waals surface area contributed by atoms with E-state index in [0.717, 1.165) is 11.1 Å². The Morgan fingerprint density at radius 2 is 2.29 bits per heavy atom. The molecule has 3 nitrogen and oxygen atoms in total. The molecule has 1 N–H and O–H groups in total. The van der Waals surface area contributed by atoms with Gasteiger partial charge in [0.15, 0.2) is 0 Å². The van der Waals surface area contributed by atoms with Gasteiger partial charge in [0.05, 0.1) is 6.61 Å². The number of rotatable bonds is 2. The maximum atomic E-state index is 11.0. The Hall–Kier alpha value is -2.21. The average Bonchev–Trinajstić information content (AvgIpc) is 2.29. The lowest BCUT2D eigenvalue weighted by Crippen LogP contribution is -1.99. The molecule has 0 atom stereocenters. The predicted octanol–water partition coefficient (Wildman–Crippen LogP) is 2.36. The molecule has 0 amide bonds. The van der Waals surface area contributed by atoms with Gasteiger partial charge in [-0.25, -0.2) is 4.79 Å². The van der Waals surface area contributed by atoms with Crippen molar-refractivity contribution in [3.05, 3.63) is 35.9 Å². The molecule has 1 aromatic carbocycles. The standard InChI is InChI=1S/C14H14O3/c1-3-17-14(16)9-4-6-11(2)12-7-5-8-13(15)10-12/h5-8,10,15H,3H2,1-2H3. The fraction of sp³-hybridized carbons (Fsp3) is 0.214. The number of phenolic OH excluding ortho intramolecular Hbond substituents is 1. The predicted molar refractivity (Wildman–Crippen MR) is 66.2 cm³/mol. The topological polar surface area (TPSA) is 46.5 Å². The second kappa shape index (κ2) is 6.39. The van der Waals surface area contributed by atoms with Crippen molar-refractivity contribution in [3.63, 3.8) is 0 Å². The molecule has 0 spiro atoms. The highest BCUT2D eigenvalue weighted by Crippen LogP contribution is 2.18. The van der Waals surface area contributed by atoms with E-state index in [9.17, 15) is 9.90 Å². The van der Waals surface area contributed by atoms with E-state index < -0.39 is 5.97 Å². The number of ether oxygens (including phenoxy) is 1. The number of esters is 1. The van der Waals surface area contributed by atoms with E-state index in [1.807, 2.05) is 13.0 Å². The van der Waals surface area contributed by atoms with Gasteiger partial charge in [-0.15, -0.1) is 0 Å². The normalized spacial score (nSPS) is 10.4. The van der Waals surface area contributed by atoms with Gasteiger partial charge in [-0.3, -0.25) is 0 Å². The molecule has 0 aliphatic heterocycles. The zero-order valence-electron chi connectivity index (χ0n) is 9.86. The minimum atomic E-state index is -0.535. The van der Waals surface area contributed by atoms with Gasteiger partial charge in [0.2, 0.25) is 0 Å². The summed E-state index contributed by atoms with van der Waals surface area (Å²) in [6, 6.07) is 6.84. The van der Waals surface area contributed by atoms with Gasteiger partial charge in [0.1, 0.15) is 5.75 Å². The van der Waals surface area contributed by atoms with Crippen molar-refractivity contribution in [1.29, 1.82) is 0 Å². The summed E-state index contributed by atoms with van der Waals surface area (Å²) in [6.07, 6.45) is 1.62. The smallest absolute Gasteiger partial charge is 0.384 e. The van der Waals surface area contributed by atoms with E-state index in [4.69, 9.17) is 0 Å². The number of hydrogen-bond donors (Lipinski definition) is 1. The maximum absolute atomic E-state index is 11.0. The SMILES string of the molecule is CCOC(=O)C#CC=C(C)c1cccc(O)c1. The van der Waals surface area contributed by atoms with E-state index in [0.29, 0.717) is 6.61 Å². The first-order valence-corrected chi connectivity index (χ1v) is 5.28. The van der Waals surface area contributed by atoms with Crippen LogP contribution in [0.2, 0.25) is 0 Å². The van der Waals surface area contributed by atoms with Crippen LogP contribution >= 0.6 is 0 Å². The van der Waals surface area contributed by atoms with Gasteiger partial charge >= 0.3 is 5.97 Å². The zero-order chi connectivity index (χ0) is 12.7. The summed E-state index contributed by atoms with van der Waals surface area (Å²) < 4.78 is 4.67. The molecule has 0 aromatic heterocycles. The average molecular weight is 230 g/mol. The first-order valence-electron chi connectivity index (χ1n) is 5.28. The van der Waals surface area contributed by atoms with Crippen molar-refractivity contribution in [2.45, 2.75) is 13.8 Å². The van der Waals surface area contributed by atoms with Crippen molar-refractivity contribution in [3.8, 4) is 17.6 Å². The van der Waals surface area contributed by atoms with Crippen molar-refractivity contribution in [2.24, 2.45) is 0 Å². The van der Waals surface area contributed by atoms with Gasteiger partial charge in [-0.05, 0) is 43.2 Å². The number of carbonyl (C=O) groups excluding carboxylic acids is 1. The van der Waals surface area contributed by atoms with Crippen molar-refractivity contribution < 1.29 is 14.6 Å². The van der Waals surface area contributed by atoms with E-state index in [2.05, 4.69) is 16.6 Å². The van der Waals surface area contributed by atoms with Gasteiger partial charge < -0.3 is 9.84 Å². The van der Waals surface area contributed by atoms with Crippen LogP contribution in [0.4, 0.5) is 0 Å². The summed E-state index contributed by atoms with van der Waals surface area (Å²) in [6.45, 7) is 3.91. The summed E-state index contributed by atoms with van der Waals surface area (Å²) in [7, 11) is 0. The van der Waals surface area contributed by atoms with E-state index in [1.54, 1.807) is 31.2 Å². The molecule has 0 aliphatic rings. The summed E-state index contributed by atoms with van der Waals surface area (Å²) in [5.74, 6) is 4.64. The van der Waals surface area contributed by atoms with E-state index in [-0.39, 0.29) is 5.75 Å². The van der Waals surface area contributed by atoms with Crippen LogP contribution in [0.1, 0.15) is 19.4 Å². The Bertz CT molecular complexity index is 490. The lowest BCUT2D eigenvalue weighted by molar-refractivity contribution is -0.136. The molecule has 0 heterocycles. The van der Waals surface area contributed by atoms with Crippen LogP contribution in [0.15, 0.2) is 30.3 Å². The highest BCUT2D eigenvalue weighted by molar-refractivity contribution is 5.89. The van der Waals surface area contributed by atoms with Gasteiger partial charge in [0.25, 0.3) is 0 Å². The third-order valence-corrected chi connectivity index (χ3v) is 2.04. The number of phenols is 1. The molecule has 0 aliphatic carbocycles. The summed E-state index contributed by atoms with van der Waals surface area (Å²) in [5, 5.41) is 9.31. The number of carbonyl (C=O) groups is 1. The molecule has 88 valence electrons. The van der Waals surface area contributed by atoms with Gasteiger partial charge in [0, 0.05) is 5.92 Å². The highest BCUT2D eigenvalue weighted by atomic mass is 16.5. The number of aromatic hydroxyl groups is 1. The van der Waals surface area contributed by atoms with Crippen molar-refractivity contribution in [2.75, 3.05) is 6.61 Å². The van der Waals surface area contributed by atoms with Crippen LogP contribution < -0.4 is 0 Å². The molecule has 3 heteroatoms. The van der Waals surface area contributed by atoms with Crippen LogP contribution in [-0.4, -0.2) is 17.7 Å². The second-order valence-electron chi connectivity index (χ2n) is 3.37.